The zero-order chi connectivity index (χ0) is 24.3. The topological polar surface area (TPSA) is 169 Å². The van der Waals surface area contributed by atoms with Crippen molar-refractivity contribution >= 4 is 40.6 Å². The molecule has 3 amide bonds. The summed E-state index contributed by atoms with van der Waals surface area (Å²) in [6.07, 6.45) is -2.13. The van der Waals surface area contributed by atoms with Crippen molar-refractivity contribution in [3.63, 3.8) is 0 Å². The zero-order valence-corrected chi connectivity index (χ0v) is 18.4. The van der Waals surface area contributed by atoms with Crippen LogP contribution in [0.5, 0.6) is 0 Å². The number of nitrogens with one attached hydrogen (secondary N) is 3. The number of rotatable bonds is 8. The SMILES string of the molecule is CC1(C)C(=O)Nc2cc(N(CCO)C(=O)CC(O)C(=O)Nc3ccc(C(=N)N)cc3)ccc21. The number of nitrogen functional groups attached to an aromatic ring is 1. The number of nitrogens with two attached hydrogens (primary N) is 1. The number of nitrogens with zero attached hydrogens (tertiary/aromatic N) is 1. The summed E-state index contributed by atoms with van der Waals surface area (Å²) in [5.41, 5.74) is 7.35. The van der Waals surface area contributed by atoms with Crippen LogP contribution in [-0.2, 0) is 19.8 Å². The van der Waals surface area contributed by atoms with E-state index in [1.54, 1.807) is 44.2 Å². The smallest absolute Gasteiger partial charge is 0.253 e. The van der Waals surface area contributed by atoms with Gasteiger partial charge in [0.15, 0.2) is 0 Å². The molecule has 33 heavy (non-hydrogen) atoms. The van der Waals surface area contributed by atoms with E-state index in [2.05, 4.69) is 10.6 Å². The fourth-order valence-corrected chi connectivity index (χ4v) is 3.57. The molecule has 1 unspecified atom stereocenters. The van der Waals surface area contributed by atoms with E-state index in [-0.39, 0.29) is 24.9 Å². The van der Waals surface area contributed by atoms with Crippen LogP contribution in [-0.4, -0.2) is 53.0 Å². The maximum Gasteiger partial charge on any atom is 0.253 e. The van der Waals surface area contributed by atoms with Crippen molar-refractivity contribution in [2.75, 3.05) is 28.7 Å². The van der Waals surface area contributed by atoms with Gasteiger partial charge in [0.25, 0.3) is 5.91 Å². The molecule has 0 radical (unpaired) electrons. The van der Waals surface area contributed by atoms with Gasteiger partial charge in [-0.3, -0.25) is 19.8 Å². The first-order valence-corrected chi connectivity index (χ1v) is 10.3. The first kappa shape index (κ1) is 23.9. The minimum absolute atomic E-state index is 0.0458. The Hall–Kier alpha value is -3.76. The number of carbonyl (C=O) groups is 3. The van der Waals surface area contributed by atoms with Gasteiger partial charge in [0.05, 0.1) is 18.4 Å². The molecular formula is C23H27N5O5. The number of carbonyl (C=O) groups excluding carboxylic acids is 3. The Morgan fingerprint density at radius 1 is 1.21 bits per heavy atom. The van der Waals surface area contributed by atoms with E-state index in [0.717, 1.165) is 5.56 Å². The molecule has 0 aliphatic carbocycles. The summed E-state index contributed by atoms with van der Waals surface area (Å²) in [5, 5.41) is 32.4. The van der Waals surface area contributed by atoms with Crippen LogP contribution in [0.3, 0.4) is 0 Å². The Morgan fingerprint density at radius 2 is 1.88 bits per heavy atom. The third-order valence-electron chi connectivity index (χ3n) is 5.56. The van der Waals surface area contributed by atoms with Crippen molar-refractivity contribution in [2.24, 2.45) is 5.73 Å². The molecule has 10 nitrogen and oxygen atoms in total. The van der Waals surface area contributed by atoms with Gasteiger partial charge in [0.2, 0.25) is 11.8 Å². The van der Waals surface area contributed by atoms with Crippen molar-refractivity contribution in [3.05, 3.63) is 53.6 Å². The molecule has 0 saturated heterocycles. The minimum Gasteiger partial charge on any atom is -0.395 e. The summed E-state index contributed by atoms with van der Waals surface area (Å²) in [6, 6.07) is 11.2. The van der Waals surface area contributed by atoms with E-state index >= 15 is 0 Å². The molecule has 2 aromatic carbocycles. The lowest BCUT2D eigenvalue weighted by molar-refractivity contribution is -0.129. The number of anilines is 3. The third kappa shape index (κ3) is 5.02. The largest absolute Gasteiger partial charge is 0.395 e. The number of amides is 3. The van der Waals surface area contributed by atoms with Crippen molar-refractivity contribution in [1.82, 2.24) is 0 Å². The second kappa shape index (κ2) is 9.39. The highest BCUT2D eigenvalue weighted by Crippen LogP contribution is 2.39. The lowest BCUT2D eigenvalue weighted by atomic mass is 9.86. The monoisotopic (exact) mass is 453 g/mol. The van der Waals surface area contributed by atoms with E-state index in [1.807, 2.05) is 0 Å². The quantitative estimate of drug-likeness (QED) is 0.256. The van der Waals surface area contributed by atoms with Crippen LogP contribution in [0.25, 0.3) is 0 Å². The van der Waals surface area contributed by atoms with Crippen molar-refractivity contribution < 1.29 is 24.6 Å². The molecule has 174 valence electrons. The molecule has 10 heteroatoms. The molecule has 0 spiro atoms. The van der Waals surface area contributed by atoms with Crippen LogP contribution in [0.15, 0.2) is 42.5 Å². The van der Waals surface area contributed by atoms with Crippen LogP contribution in [0.2, 0.25) is 0 Å². The molecule has 0 bridgehead atoms. The Balaban J connectivity index is 1.70. The van der Waals surface area contributed by atoms with Crippen LogP contribution in [0, 0.1) is 5.41 Å². The molecule has 0 fully saturated rings. The van der Waals surface area contributed by atoms with Crippen LogP contribution >= 0.6 is 0 Å². The van der Waals surface area contributed by atoms with Crippen molar-refractivity contribution in [3.8, 4) is 0 Å². The highest BCUT2D eigenvalue weighted by atomic mass is 16.3. The summed E-state index contributed by atoms with van der Waals surface area (Å²) >= 11 is 0. The second-order valence-electron chi connectivity index (χ2n) is 8.28. The fraction of sp³-hybridized carbons (Fsp3) is 0.304. The maximum atomic E-state index is 12.9. The molecule has 2 aromatic rings. The Bertz CT molecular complexity index is 1100. The molecule has 0 aromatic heterocycles. The molecule has 3 rings (SSSR count). The van der Waals surface area contributed by atoms with Crippen molar-refractivity contribution in [2.45, 2.75) is 31.8 Å². The Morgan fingerprint density at radius 3 is 2.48 bits per heavy atom. The first-order valence-electron chi connectivity index (χ1n) is 10.3. The molecule has 7 N–H and O–H groups in total. The lowest BCUT2D eigenvalue weighted by Gasteiger charge is -2.24. The fourth-order valence-electron chi connectivity index (χ4n) is 3.57. The Labute approximate surface area is 190 Å². The van der Waals surface area contributed by atoms with Crippen LogP contribution < -0.4 is 21.3 Å². The number of hydrogen-bond acceptors (Lipinski definition) is 6. The first-order chi connectivity index (χ1) is 15.5. The van der Waals surface area contributed by atoms with E-state index in [1.165, 1.54) is 17.0 Å². The van der Waals surface area contributed by atoms with E-state index in [9.17, 15) is 24.6 Å². The lowest BCUT2D eigenvalue weighted by Crippen LogP contribution is -2.39. The summed E-state index contributed by atoms with van der Waals surface area (Å²) in [4.78, 5) is 38.7. The highest BCUT2D eigenvalue weighted by Gasteiger charge is 2.38. The molecule has 1 aliphatic heterocycles. The van der Waals surface area contributed by atoms with E-state index < -0.39 is 29.8 Å². The van der Waals surface area contributed by atoms with Gasteiger partial charge in [0, 0.05) is 29.2 Å². The number of benzene rings is 2. The number of hydrogen-bond donors (Lipinski definition) is 6. The maximum absolute atomic E-state index is 12.9. The van der Waals surface area contributed by atoms with Gasteiger partial charge in [-0.1, -0.05) is 6.07 Å². The summed E-state index contributed by atoms with van der Waals surface area (Å²) in [6.45, 7) is 3.22. The highest BCUT2D eigenvalue weighted by molar-refractivity contribution is 6.07. The third-order valence-corrected chi connectivity index (χ3v) is 5.56. The van der Waals surface area contributed by atoms with Crippen molar-refractivity contribution in [1.29, 1.82) is 5.41 Å². The summed E-state index contributed by atoms with van der Waals surface area (Å²) in [7, 11) is 0. The van der Waals surface area contributed by atoms with E-state index in [4.69, 9.17) is 11.1 Å². The van der Waals surface area contributed by atoms with Gasteiger partial charge in [-0.2, -0.15) is 0 Å². The number of fused-ring (bicyclic) bond motifs is 1. The van der Waals surface area contributed by atoms with Crippen LogP contribution in [0.1, 0.15) is 31.4 Å². The average molecular weight is 453 g/mol. The van der Waals surface area contributed by atoms with Gasteiger partial charge in [-0.05, 0) is 55.8 Å². The predicted octanol–water partition coefficient (Wildman–Crippen LogP) is 0.915. The van der Waals surface area contributed by atoms with Gasteiger partial charge < -0.3 is 31.5 Å². The molecule has 1 atom stereocenters. The molecule has 1 heterocycles. The second-order valence-corrected chi connectivity index (χ2v) is 8.28. The average Bonchev–Trinajstić information content (AvgIpc) is 2.99. The van der Waals surface area contributed by atoms with E-state index in [0.29, 0.717) is 22.6 Å². The zero-order valence-electron chi connectivity index (χ0n) is 18.4. The summed E-state index contributed by atoms with van der Waals surface area (Å²) in [5.74, 6) is -1.61. The standard InChI is InChI=1S/C23H27N5O5/c1-23(2)16-8-7-15(11-17(16)27-22(23)33)28(9-10-29)19(31)12-18(30)21(32)26-14-5-3-13(4-6-14)20(24)25/h3-8,11,18,29-30H,9-10,12H2,1-2H3,(H3,24,25)(H,26,32)(H,27,33). The molecule has 0 saturated carbocycles. The predicted molar refractivity (Wildman–Crippen MR) is 124 cm³/mol. The normalized spacial score (nSPS) is 14.7. The van der Waals surface area contributed by atoms with Gasteiger partial charge in [-0.15, -0.1) is 0 Å². The van der Waals surface area contributed by atoms with Gasteiger partial charge in [-0.25, -0.2) is 0 Å². The number of aliphatic hydroxyl groups excluding tert-OH is 2. The van der Waals surface area contributed by atoms with Crippen LogP contribution in [0.4, 0.5) is 17.1 Å². The van der Waals surface area contributed by atoms with Gasteiger partial charge in [0.1, 0.15) is 11.9 Å². The Kier molecular flexibility index (Phi) is 6.80. The number of aliphatic hydroxyl groups is 2. The summed E-state index contributed by atoms with van der Waals surface area (Å²) < 4.78 is 0. The minimum atomic E-state index is -1.63. The van der Waals surface area contributed by atoms with Gasteiger partial charge >= 0.3 is 0 Å². The number of amidine groups is 1. The molecular weight excluding hydrogens is 426 g/mol. The molecule has 1 aliphatic rings.